The lowest BCUT2D eigenvalue weighted by molar-refractivity contribution is -0.183. The van der Waals surface area contributed by atoms with Gasteiger partial charge in [0.15, 0.2) is 5.92 Å². The van der Waals surface area contributed by atoms with Gasteiger partial charge in [-0.3, -0.25) is 19.2 Å². The minimum atomic E-state index is -1.08. The number of unbranched alkanes of at least 4 members (excludes halogenated alkanes) is 1. The van der Waals surface area contributed by atoms with E-state index in [-0.39, 0.29) is 6.61 Å². The fourth-order valence-corrected chi connectivity index (χ4v) is 3.05. The predicted molar refractivity (Wildman–Crippen MR) is 72.8 cm³/mol. The van der Waals surface area contributed by atoms with Crippen LogP contribution in [0.3, 0.4) is 0 Å². The summed E-state index contributed by atoms with van der Waals surface area (Å²) in [6, 6.07) is 0. The monoisotopic (exact) mass is 298 g/mol. The van der Waals surface area contributed by atoms with Gasteiger partial charge in [-0.05, 0) is 32.4 Å². The molecule has 2 rings (SSSR count). The third-order valence-electron chi connectivity index (χ3n) is 4.27. The van der Waals surface area contributed by atoms with E-state index in [0.29, 0.717) is 25.9 Å². The minimum Gasteiger partial charge on any atom is -0.465 e. The first-order valence-corrected chi connectivity index (χ1v) is 7.38. The van der Waals surface area contributed by atoms with Crippen LogP contribution in [-0.2, 0) is 24.0 Å². The Morgan fingerprint density at radius 2 is 2.05 bits per heavy atom. The number of ether oxygens (including phenoxy) is 1. The maximum Gasteiger partial charge on any atom is 0.319 e. The largest absolute Gasteiger partial charge is 0.465 e. The fourth-order valence-electron chi connectivity index (χ4n) is 3.05. The van der Waals surface area contributed by atoms with E-state index < -0.39 is 29.1 Å². The summed E-state index contributed by atoms with van der Waals surface area (Å²) in [6.07, 6.45) is 2.50. The average Bonchev–Trinajstić information content (AvgIpc) is 2.68. The van der Waals surface area contributed by atoms with Gasteiger partial charge in [0.1, 0.15) is 0 Å². The van der Waals surface area contributed by atoms with Gasteiger partial charge in [-0.15, -0.1) is 0 Å². The lowest BCUT2D eigenvalue weighted by atomic mass is 9.70. The number of esters is 1. The molecule has 1 unspecified atom stereocenters. The number of nitrogens with zero attached hydrogens (tertiary/aromatic N) is 1. The van der Waals surface area contributed by atoms with Crippen molar-refractivity contribution in [2.24, 2.45) is 11.3 Å². The van der Waals surface area contributed by atoms with E-state index in [1.165, 1.54) is 7.11 Å². The van der Waals surface area contributed by atoms with Crippen LogP contribution < -0.4 is 5.32 Å². The Bertz CT molecular complexity index is 431. The van der Waals surface area contributed by atoms with E-state index in [9.17, 15) is 14.4 Å². The topological polar surface area (TPSA) is 84.9 Å². The number of hydrogen-bond acceptors (Lipinski definition) is 6. The van der Waals surface area contributed by atoms with Crippen LogP contribution in [0, 0.1) is 11.3 Å². The number of hydrogen-bond donors (Lipinski definition) is 1. The standard InChI is InChI=1S/C14H22N2O5/c1-3-4-9-21-12(18)10-11(17)16(20-2)13(19)14(10)5-7-15-8-6-14/h10,15H,3-9H2,1-2H3. The van der Waals surface area contributed by atoms with Crippen LogP contribution in [0.2, 0.25) is 0 Å². The van der Waals surface area contributed by atoms with E-state index >= 15 is 0 Å². The molecule has 0 saturated carbocycles. The highest BCUT2D eigenvalue weighted by Gasteiger charge is 2.63. The van der Waals surface area contributed by atoms with E-state index in [4.69, 9.17) is 9.57 Å². The lowest BCUT2D eigenvalue weighted by Gasteiger charge is -2.34. The molecule has 1 spiro atoms. The number of imide groups is 1. The van der Waals surface area contributed by atoms with Crippen LogP contribution in [0.1, 0.15) is 32.6 Å². The molecule has 21 heavy (non-hydrogen) atoms. The molecule has 2 amide bonds. The molecule has 0 aromatic rings. The second-order valence-electron chi connectivity index (χ2n) is 5.48. The Morgan fingerprint density at radius 1 is 1.38 bits per heavy atom. The maximum atomic E-state index is 12.5. The first kappa shape index (κ1) is 15.9. The van der Waals surface area contributed by atoms with E-state index in [1.807, 2.05) is 6.92 Å². The van der Waals surface area contributed by atoms with Gasteiger partial charge < -0.3 is 10.1 Å². The van der Waals surface area contributed by atoms with Crippen molar-refractivity contribution >= 4 is 17.8 Å². The molecule has 2 saturated heterocycles. The highest BCUT2D eigenvalue weighted by molar-refractivity contribution is 6.15. The smallest absolute Gasteiger partial charge is 0.319 e. The first-order chi connectivity index (χ1) is 10.1. The van der Waals surface area contributed by atoms with E-state index in [0.717, 1.165) is 17.9 Å². The lowest BCUT2D eigenvalue weighted by Crippen LogP contribution is -2.47. The molecule has 0 aliphatic carbocycles. The minimum absolute atomic E-state index is 0.272. The molecule has 1 atom stereocenters. The molecular formula is C14H22N2O5. The number of piperidine rings is 1. The number of rotatable bonds is 5. The molecule has 2 aliphatic rings. The van der Waals surface area contributed by atoms with Gasteiger partial charge in [-0.1, -0.05) is 13.3 Å². The Labute approximate surface area is 123 Å². The third-order valence-corrected chi connectivity index (χ3v) is 4.27. The number of hydroxylamine groups is 2. The summed E-state index contributed by atoms with van der Waals surface area (Å²) in [5.74, 6) is -2.72. The normalized spacial score (nSPS) is 24.7. The Balaban J connectivity index is 2.23. The van der Waals surface area contributed by atoms with Crippen molar-refractivity contribution in [3.8, 4) is 0 Å². The van der Waals surface area contributed by atoms with Crippen molar-refractivity contribution in [2.75, 3.05) is 26.8 Å². The summed E-state index contributed by atoms with van der Waals surface area (Å²) in [5, 5.41) is 3.86. The summed E-state index contributed by atoms with van der Waals surface area (Å²) in [6.45, 7) is 3.44. The summed E-state index contributed by atoms with van der Waals surface area (Å²) >= 11 is 0. The summed E-state index contributed by atoms with van der Waals surface area (Å²) < 4.78 is 5.19. The van der Waals surface area contributed by atoms with Crippen molar-refractivity contribution in [3.05, 3.63) is 0 Å². The summed E-state index contributed by atoms with van der Waals surface area (Å²) in [7, 11) is 1.26. The molecule has 7 nitrogen and oxygen atoms in total. The highest BCUT2D eigenvalue weighted by atomic mass is 16.7. The van der Waals surface area contributed by atoms with Gasteiger partial charge in [0, 0.05) is 0 Å². The van der Waals surface area contributed by atoms with Crippen molar-refractivity contribution in [3.63, 3.8) is 0 Å². The van der Waals surface area contributed by atoms with Crippen molar-refractivity contribution in [1.29, 1.82) is 0 Å². The molecule has 118 valence electrons. The van der Waals surface area contributed by atoms with E-state index in [1.54, 1.807) is 0 Å². The second-order valence-corrected chi connectivity index (χ2v) is 5.48. The molecule has 7 heteroatoms. The molecule has 2 fully saturated rings. The first-order valence-electron chi connectivity index (χ1n) is 7.38. The molecule has 0 radical (unpaired) electrons. The molecular weight excluding hydrogens is 276 g/mol. The Morgan fingerprint density at radius 3 is 2.62 bits per heavy atom. The predicted octanol–water partition coefficient (Wildman–Crippen LogP) is 0.246. The van der Waals surface area contributed by atoms with Gasteiger partial charge >= 0.3 is 5.97 Å². The van der Waals surface area contributed by atoms with Gasteiger partial charge in [0.2, 0.25) is 0 Å². The average molecular weight is 298 g/mol. The Kier molecular flexibility index (Phi) is 4.95. The quantitative estimate of drug-likeness (QED) is 0.339. The maximum absolute atomic E-state index is 12.5. The van der Waals surface area contributed by atoms with Gasteiger partial charge in [-0.25, -0.2) is 0 Å². The van der Waals surface area contributed by atoms with Crippen LogP contribution in [0.15, 0.2) is 0 Å². The summed E-state index contributed by atoms with van der Waals surface area (Å²) in [5.41, 5.74) is -1.01. The molecule has 0 aromatic carbocycles. The molecule has 2 aliphatic heterocycles. The van der Waals surface area contributed by atoms with Crippen molar-refractivity contribution in [1.82, 2.24) is 10.4 Å². The fraction of sp³-hybridized carbons (Fsp3) is 0.786. The van der Waals surface area contributed by atoms with Crippen LogP contribution in [0.5, 0.6) is 0 Å². The van der Waals surface area contributed by atoms with Crippen LogP contribution >= 0.6 is 0 Å². The zero-order valence-electron chi connectivity index (χ0n) is 12.5. The van der Waals surface area contributed by atoms with Crippen molar-refractivity contribution < 1.29 is 24.0 Å². The highest BCUT2D eigenvalue weighted by Crippen LogP contribution is 2.45. The van der Waals surface area contributed by atoms with Gasteiger partial charge in [0.25, 0.3) is 11.8 Å². The molecule has 0 bridgehead atoms. The second kappa shape index (κ2) is 6.53. The molecule has 1 N–H and O–H groups in total. The number of carbonyl (C=O) groups is 3. The number of amides is 2. The SMILES string of the molecule is CCCCOC(=O)C1C(=O)N(OC)C(=O)C12CCNCC2. The number of nitrogens with one attached hydrogen (secondary N) is 1. The van der Waals surface area contributed by atoms with Gasteiger partial charge in [-0.2, -0.15) is 5.06 Å². The number of carbonyl (C=O) groups excluding carboxylic acids is 3. The van der Waals surface area contributed by atoms with E-state index in [2.05, 4.69) is 5.32 Å². The van der Waals surface area contributed by atoms with Crippen LogP contribution in [-0.4, -0.2) is 49.7 Å². The van der Waals surface area contributed by atoms with Crippen LogP contribution in [0.25, 0.3) is 0 Å². The summed E-state index contributed by atoms with van der Waals surface area (Å²) in [4.78, 5) is 42.1. The Hall–Kier alpha value is -1.47. The molecule has 0 aromatic heterocycles. The zero-order chi connectivity index (χ0) is 15.5. The third kappa shape index (κ3) is 2.67. The van der Waals surface area contributed by atoms with Crippen molar-refractivity contribution in [2.45, 2.75) is 32.6 Å². The molecule has 2 heterocycles. The van der Waals surface area contributed by atoms with Crippen LogP contribution in [0.4, 0.5) is 0 Å². The van der Waals surface area contributed by atoms with Gasteiger partial charge in [0.05, 0.1) is 19.1 Å². The zero-order valence-corrected chi connectivity index (χ0v) is 12.5.